The first-order chi connectivity index (χ1) is 6.31. The normalized spacial score (nSPS) is 19.8. The molecular weight excluding hydrogens is 162 g/mol. The zero-order valence-electron chi connectivity index (χ0n) is 8.11. The molecule has 1 aliphatic rings. The van der Waals surface area contributed by atoms with Gasteiger partial charge < -0.3 is 10.3 Å². The van der Waals surface area contributed by atoms with Gasteiger partial charge in [0.1, 0.15) is 0 Å². The molecule has 3 nitrogen and oxygen atoms in total. The molecular formula is C10H17N3. The number of hydrogen-bond acceptors (Lipinski definition) is 2. The Balaban J connectivity index is 2.08. The zero-order chi connectivity index (χ0) is 9.26. The van der Waals surface area contributed by atoms with E-state index in [1.54, 1.807) is 0 Å². The van der Waals surface area contributed by atoms with Gasteiger partial charge in [0.25, 0.3) is 0 Å². The molecule has 0 aliphatic heterocycles. The zero-order valence-corrected chi connectivity index (χ0v) is 8.11. The van der Waals surface area contributed by atoms with Crippen molar-refractivity contribution in [2.45, 2.75) is 38.1 Å². The van der Waals surface area contributed by atoms with Crippen LogP contribution in [0.4, 0.5) is 0 Å². The van der Waals surface area contributed by atoms with Crippen LogP contribution in [-0.4, -0.2) is 16.1 Å². The number of aromatic nitrogens is 2. The number of nitrogens with zero attached hydrogens (tertiary/aromatic N) is 2. The molecule has 1 fully saturated rings. The smallest absolute Gasteiger partial charge is 0.0952 e. The van der Waals surface area contributed by atoms with Gasteiger partial charge >= 0.3 is 0 Å². The van der Waals surface area contributed by atoms with Crippen LogP contribution in [0.25, 0.3) is 0 Å². The van der Waals surface area contributed by atoms with Gasteiger partial charge in [0.15, 0.2) is 0 Å². The van der Waals surface area contributed by atoms with Crippen molar-refractivity contribution in [1.29, 1.82) is 0 Å². The van der Waals surface area contributed by atoms with E-state index in [-0.39, 0.29) is 0 Å². The summed E-state index contributed by atoms with van der Waals surface area (Å²) in [6.07, 6.45) is 8.09. The molecule has 0 radical (unpaired) electrons. The number of rotatable bonds is 3. The predicted molar refractivity (Wildman–Crippen MR) is 52.6 cm³/mol. The molecule has 2 N–H and O–H groups in total. The lowest BCUT2D eigenvalue weighted by Crippen LogP contribution is -2.15. The van der Waals surface area contributed by atoms with Crippen molar-refractivity contribution >= 4 is 0 Å². The second-order valence-electron chi connectivity index (χ2n) is 3.97. The molecule has 13 heavy (non-hydrogen) atoms. The van der Waals surface area contributed by atoms with Crippen LogP contribution in [-0.2, 0) is 0 Å². The molecule has 72 valence electrons. The lowest BCUT2D eigenvalue weighted by Gasteiger charge is -2.26. The summed E-state index contributed by atoms with van der Waals surface area (Å²) in [6, 6.07) is 0.714. The fraction of sp³-hybridized carbons (Fsp3) is 0.700. The van der Waals surface area contributed by atoms with Crippen LogP contribution < -0.4 is 5.73 Å². The second kappa shape index (κ2) is 3.50. The molecule has 1 heterocycles. The van der Waals surface area contributed by atoms with Crippen molar-refractivity contribution in [2.24, 2.45) is 5.73 Å². The van der Waals surface area contributed by atoms with E-state index in [4.69, 9.17) is 5.73 Å². The number of nitrogens with two attached hydrogens (primary N) is 1. The Morgan fingerprint density at radius 2 is 2.46 bits per heavy atom. The van der Waals surface area contributed by atoms with Crippen molar-refractivity contribution in [3.8, 4) is 0 Å². The van der Waals surface area contributed by atoms with E-state index in [2.05, 4.69) is 22.7 Å². The van der Waals surface area contributed by atoms with E-state index in [9.17, 15) is 0 Å². The Bertz CT molecular complexity index is 256. The van der Waals surface area contributed by atoms with E-state index in [0.29, 0.717) is 18.5 Å². The van der Waals surface area contributed by atoms with Gasteiger partial charge in [-0.05, 0) is 19.3 Å². The van der Waals surface area contributed by atoms with Crippen LogP contribution in [0.1, 0.15) is 43.8 Å². The van der Waals surface area contributed by atoms with Crippen molar-refractivity contribution < 1.29 is 0 Å². The fourth-order valence-corrected chi connectivity index (χ4v) is 1.61. The number of imidazole rings is 1. The highest BCUT2D eigenvalue weighted by molar-refractivity contribution is 5.05. The van der Waals surface area contributed by atoms with Crippen LogP contribution in [0.5, 0.6) is 0 Å². The van der Waals surface area contributed by atoms with Crippen LogP contribution in [0.2, 0.25) is 0 Å². The van der Waals surface area contributed by atoms with Gasteiger partial charge in [-0.15, -0.1) is 0 Å². The summed E-state index contributed by atoms with van der Waals surface area (Å²) in [5.41, 5.74) is 6.72. The molecule has 0 saturated heterocycles. The van der Waals surface area contributed by atoms with E-state index in [0.717, 1.165) is 5.69 Å². The third-order valence-electron chi connectivity index (χ3n) is 2.98. The van der Waals surface area contributed by atoms with Gasteiger partial charge in [-0.1, -0.05) is 6.92 Å². The maximum absolute atomic E-state index is 5.59. The topological polar surface area (TPSA) is 43.8 Å². The van der Waals surface area contributed by atoms with Crippen LogP contribution in [0.15, 0.2) is 12.5 Å². The van der Waals surface area contributed by atoms with E-state index < -0.39 is 0 Å². The Morgan fingerprint density at radius 3 is 3.00 bits per heavy atom. The maximum Gasteiger partial charge on any atom is 0.0952 e. The van der Waals surface area contributed by atoms with Crippen LogP contribution in [0, 0.1) is 0 Å². The molecule has 2 rings (SSSR count). The Hall–Kier alpha value is -0.830. The van der Waals surface area contributed by atoms with Gasteiger partial charge in [0, 0.05) is 24.7 Å². The first-order valence-corrected chi connectivity index (χ1v) is 5.04. The van der Waals surface area contributed by atoms with Gasteiger partial charge in [-0.2, -0.15) is 0 Å². The van der Waals surface area contributed by atoms with Crippen LogP contribution >= 0.6 is 0 Å². The van der Waals surface area contributed by atoms with E-state index in [1.165, 1.54) is 19.3 Å². The third kappa shape index (κ3) is 1.61. The largest absolute Gasteiger partial charge is 0.334 e. The quantitative estimate of drug-likeness (QED) is 0.767. The molecule has 0 aromatic carbocycles. The average Bonchev–Trinajstić information content (AvgIpc) is 2.49. The summed E-state index contributed by atoms with van der Waals surface area (Å²) in [5.74, 6) is 0.390. The van der Waals surface area contributed by atoms with Gasteiger partial charge in [0.2, 0.25) is 0 Å². The predicted octanol–water partition coefficient (Wildman–Crippen LogP) is 1.67. The monoisotopic (exact) mass is 179 g/mol. The first-order valence-electron chi connectivity index (χ1n) is 5.04. The molecule has 0 amide bonds. The molecule has 1 aliphatic carbocycles. The fourth-order valence-electron chi connectivity index (χ4n) is 1.61. The molecule has 0 spiro atoms. The highest BCUT2D eigenvalue weighted by Crippen LogP contribution is 2.31. The first kappa shape index (κ1) is 8.75. The third-order valence-corrected chi connectivity index (χ3v) is 2.98. The summed E-state index contributed by atoms with van der Waals surface area (Å²) in [6.45, 7) is 2.80. The minimum Gasteiger partial charge on any atom is -0.334 e. The maximum atomic E-state index is 5.59. The second-order valence-corrected chi connectivity index (χ2v) is 3.97. The SMILES string of the molecule is CC(CN)c1cn(C2CCC2)cn1. The number of hydrogen-bond donors (Lipinski definition) is 1. The Morgan fingerprint density at radius 1 is 1.69 bits per heavy atom. The van der Waals surface area contributed by atoms with Crippen molar-refractivity contribution in [3.63, 3.8) is 0 Å². The Labute approximate surface area is 79.0 Å². The molecule has 1 aromatic heterocycles. The summed E-state index contributed by atoms with van der Waals surface area (Å²) in [5, 5.41) is 0. The summed E-state index contributed by atoms with van der Waals surface area (Å²) in [4.78, 5) is 4.37. The summed E-state index contributed by atoms with van der Waals surface area (Å²) < 4.78 is 2.24. The van der Waals surface area contributed by atoms with Gasteiger partial charge in [-0.3, -0.25) is 0 Å². The highest BCUT2D eigenvalue weighted by Gasteiger charge is 2.19. The van der Waals surface area contributed by atoms with Crippen LogP contribution in [0.3, 0.4) is 0 Å². The molecule has 3 heteroatoms. The summed E-state index contributed by atoms with van der Waals surface area (Å²) in [7, 11) is 0. The molecule has 0 bridgehead atoms. The molecule has 1 unspecified atom stereocenters. The van der Waals surface area contributed by atoms with E-state index >= 15 is 0 Å². The lowest BCUT2D eigenvalue weighted by molar-refractivity contribution is 0.313. The highest BCUT2D eigenvalue weighted by atomic mass is 15.1. The average molecular weight is 179 g/mol. The molecule has 1 saturated carbocycles. The van der Waals surface area contributed by atoms with Crippen molar-refractivity contribution in [3.05, 3.63) is 18.2 Å². The van der Waals surface area contributed by atoms with Gasteiger partial charge in [-0.25, -0.2) is 4.98 Å². The summed E-state index contributed by atoms with van der Waals surface area (Å²) >= 11 is 0. The van der Waals surface area contributed by atoms with Gasteiger partial charge in [0.05, 0.1) is 12.0 Å². The van der Waals surface area contributed by atoms with Crippen molar-refractivity contribution in [2.75, 3.05) is 6.54 Å². The minimum absolute atomic E-state index is 0.390. The Kier molecular flexibility index (Phi) is 2.36. The molecule has 1 aromatic rings. The van der Waals surface area contributed by atoms with E-state index in [1.807, 2.05) is 6.33 Å². The lowest BCUT2D eigenvalue weighted by atomic mass is 9.93. The standard InChI is InChI=1S/C10H17N3/c1-8(5-11)10-6-13(7-12-10)9-3-2-4-9/h6-9H,2-5,11H2,1H3. The van der Waals surface area contributed by atoms with Crippen molar-refractivity contribution in [1.82, 2.24) is 9.55 Å². The molecule has 1 atom stereocenters. The minimum atomic E-state index is 0.390.